The van der Waals surface area contributed by atoms with Crippen molar-refractivity contribution in [2.24, 2.45) is 4.99 Å². The lowest BCUT2D eigenvalue weighted by Crippen LogP contribution is -2.05. The summed E-state index contributed by atoms with van der Waals surface area (Å²) in [6.07, 6.45) is 5.01. The van der Waals surface area contributed by atoms with Crippen molar-refractivity contribution in [2.75, 3.05) is 0 Å². The number of esters is 1. The summed E-state index contributed by atoms with van der Waals surface area (Å²) in [5.74, 6) is -0.0980. The molecule has 1 aromatic heterocycles. The third-order valence-electron chi connectivity index (χ3n) is 2.87. The van der Waals surface area contributed by atoms with Crippen molar-refractivity contribution in [1.82, 2.24) is 4.98 Å². The Bertz CT molecular complexity index is 718. The number of aliphatic imine (C=N–C) groups is 1. The van der Waals surface area contributed by atoms with E-state index in [4.69, 9.17) is 4.74 Å². The van der Waals surface area contributed by atoms with Crippen LogP contribution in [0.3, 0.4) is 0 Å². The number of carbonyl (C=O) groups is 1. The van der Waals surface area contributed by atoms with Crippen molar-refractivity contribution in [3.05, 3.63) is 71.2 Å². The van der Waals surface area contributed by atoms with Crippen LogP contribution in [0, 0.1) is 6.92 Å². The number of ether oxygens (including phenoxy) is 1. The zero-order valence-electron chi connectivity index (χ0n) is 10.9. The van der Waals surface area contributed by atoms with Gasteiger partial charge in [-0.2, -0.15) is 0 Å². The maximum Gasteiger partial charge on any atom is 0.363 e. The Labute approximate surface area is 116 Å². The lowest BCUT2D eigenvalue weighted by molar-refractivity contribution is -0.129. The number of nitrogens with zero attached hydrogens (tertiary/aromatic N) is 2. The third-order valence-corrected chi connectivity index (χ3v) is 2.87. The molecule has 1 aliphatic rings. The second-order valence-electron chi connectivity index (χ2n) is 4.49. The SMILES string of the molecule is Cc1cccc(C2=N/C(=C\c3cccnc3)C(=O)O2)c1. The Balaban J connectivity index is 1.95. The van der Waals surface area contributed by atoms with Crippen molar-refractivity contribution in [1.29, 1.82) is 0 Å². The summed E-state index contributed by atoms with van der Waals surface area (Å²) in [5.41, 5.74) is 2.99. The van der Waals surface area contributed by atoms with Gasteiger partial charge in [0, 0.05) is 18.0 Å². The molecule has 20 heavy (non-hydrogen) atoms. The van der Waals surface area contributed by atoms with Gasteiger partial charge in [0.1, 0.15) is 0 Å². The molecule has 4 heteroatoms. The van der Waals surface area contributed by atoms with Crippen LogP contribution in [-0.2, 0) is 9.53 Å². The maximum atomic E-state index is 11.8. The molecule has 0 N–H and O–H groups in total. The molecule has 0 fully saturated rings. The molecule has 1 aliphatic heterocycles. The Morgan fingerprint density at radius 2 is 2.10 bits per heavy atom. The minimum Gasteiger partial charge on any atom is -0.402 e. The van der Waals surface area contributed by atoms with Crippen LogP contribution in [0.15, 0.2) is 59.5 Å². The molecule has 4 nitrogen and oxygen atoms in total. The maximum absolute atomic E-state index is 11.8. The first-order valence-corrected chi connectivity index (χ1v) is 6.22. The average molecular weight is 264 g/mol. The fourth-order valence-corrected chi connectivity index (χ4v) is 1.93. The summed E-state index contributed by atoms with van der Waals surface area (Å²) in [7, 11) is 0. The van der Waals surface area contributed by atoms with E-state index in [0.29, 0.717) is 5.90 Å². The second kappa shape index (κ2) is 5.09. The Hall–Kier alpha value is -2.75. The largest absolute Gasteiger partial charge is 0.402 e. The minimum absolute atomic E-state index is 0.287. The van der Waals surface area contributed by atoms with Gasteiger partial charge in [-0.3, -0.25) is 4.98 Å². The normalized spacial score (nSPS) is 16.1. The number of hydrogen-bond donors (Lipinski definition) is 0. The van der Waals surface area contributed by atoms with E-state index < -0.39 is 5.97 Å². The highest BCUT2D eigenvalue weighted by Gasteiger charge is 2.24. The highest BCUT2D eigenvalue weighted by atomic mass is 16.6. The van der Waals surface area contributed by atoms with E-state index in [-0.39, 0.29) is 5.70 Å². The van der Waals surface area contributed by atoms with Crippen LogP contribution in [-0.4, -0.2) is 16.9 Å². The van der Waals surface area contributed by atoms with Crippen molar-refractivity contribution in [2.45, 2.75) is 6.92 Å². The zero-order valence-corrected chi connectivity index (χ0v) is 10.9. The zero-order chi connectivity index (χ0) is 13.9. The van der Waals surface area contributed by atoms with Gasteiger partial charge in [0.25, 0.3) is 0 Å². The van der Waals surface area contributed by atoms with E-state index in [1.165, 1.54) is 0 Å². The molecule has 0 aliphatic carbocycles. The van der Waals surface area contributed by atoms with Gasteiger partial charge >= 0.3 is 5.97 Å². The molecule has 0 saturated carbocycles. The Kier molecular flexibility index (Phi) is 3.13. The Morgan fingerprint density at radius 1 is 1.20 bits per heavy atom. The fourth-order valence-electron chi connectivity index (χ4n) is 1.93. The summed E-state index contributed by atoms with van der Waals surface area (Å²) < 4.78 is 5.21. The molecule has 3 rings (SSSR count). The van der Waals surface area contributed by atoms with Gasteiger partial charge in [-0.15, -0.1) is 0 Å². The summed E-state index contributed by atoms with van der Waals surface area (Å²) in [6, 6.07) is 11.3. The van der Waals surface area contributed by atoms with E-state index in [0.717, 1.165) is 16.7 Å². The lowest BCUT2D eigenvalue weighted by atomic mass is 10.1. The number of benzene rings is 1. The van der Waals surface area contributed by atoms with E-state index >= 15 is 0 Å². The van der Waals surface area contributed by atoms with Crippen LogP contribution in [0.2, 0.25) is 0 Å². The summed E-state index contributed by atoms with van der Waals surface area (Å²) in [6.45, 7) is 1.98. The number of aromatic nitrogens is 1. The first kappa shape index (κ1) is 12.3. The highest BCUT2D eigenvalue weighted by molar-refractivity contribution is 6.12. The molecule has 0 unspecified atom stereocenters. The van der Waals surface area contributed by atoms with Crippen molar-refractivity contribution in [3.63, 3.8) is 0 Å². The van der Waals surface area contributed by atoms with Crippen LogP contribution in [0.5, 0.6) is 0 Å². The van der Waals surface area contributed by atoms with E-state index in [1.54, 1.807) is 24.5 Å². The summed E-state index contributed by atoms with van der Waals surface area (Å²) in [5, 5.41) is 0. The number of carbonyl (C=O) groups excluding carboxylic acids is 1. The van der Waals surface area contributed by atoms with Crippen molar-refractivity contribution >= 4 is 17.9 Å². The average Bonchev–Trinajstić information content (AvgIpc) is 2.81. The van der Waals surface area contributed by atoms with Gasteiger partial charge in [-0.05, 0) is 36.8 Å². The molecule has 0 bridgehead atoms. The summed E-state index contributed by atoms with van der Waals surface area (Å²) >= 11 is 0. The van der Waals surface area contributed by atoms with Gasteiger partial charge in [-0.1, -0.05) is 23.8 Å². The summed E-state index contributed by atoms with van der Waals surface area (Å²) in [4.78, 5) is 20.1. The number of rotatable bonds is 2. The predicted octanol–water partition coefficient (Wildman–Crippen LogP) is 2.73. The molecule has 0 atom stereocenters. The number of pyridine rings is 1. The van der Waals surface area contributed by atoms with Crippen LogP contribution < -0.4 is 0 Å². The standard InChI is InChI=1S/C16H12N2O2/c1-11-4-2-6-13(8-11)15-18-14(16(19)20-15)9-12-5-3-7-17-10-12/h2-10H,1H3/b14-9-. The number of aryl methyl sites for hydroxylation is 1. The molecule has 0 amide bonds. The Morgan fingerprint density at radius 3 is 2.85 bits per heavy atom. The molecule has 98 valence electrons. The van der Waals surface area contributed by atoms with Crippen molar-refractivity contribution in [3.8, 4) is 0 Å². The number of cyclic esters (lactones) is 1. The molecule has 2 aromatic rings. The van der Waals surface area contributed by atoms with Crippen LogP contribution in [0.1, 0.15) is 16.7 Å². The van der Waals surface area contributed by atoms with Gasteiger partial charge in [0.2, 0.25) is 5.90 Å². The predicted molar refractivity (Wildman–Crippen MR) is 76.0 cm³/mol. The molecular formula is C16H12N2O2. The van der Waals surface area contributed by atoms with Gasteiger partial charge in [0.15, 0.2) is 5.70 Å². The van der Waals surface area contributed by atoms with Crippen LogP contribution in [0.25, 0.3) is 6.08 Å². The molecule has 1 aromatic carbocycles. The second-order valence-corrected chi connectivity index (χ2v) is 4.49. The molecule has 2 heterocycles. The molecule has 0 saturated heterocycles. The van der Waals surface area contributed by atoms with Gasteiger partial charge in [-0.25, -0.2) is 9.79 Å². The topological polar surface area (TPSA) is 51.5 Å². The lowest BCUT2D eigenvalue weighted by Gasteiger charge is -1.99. The molecular weight excluding hydrogens is 252 g/mol. The van der Waals surface area contributed by atoms with Crippen LogP contribution >= 0.6 is 0 Å². The van der Waals surface area contributed by atoms with Gasteiger partial charge < -0.3 is 4.74 Å². The monoisotopic (exact) mass is 264 g/mol. The third kappa shape index (κ3) is 2.49. The minimum atomic E-state index is -0.439. The first-order valence-electron chi connectivity index (χ1n) is 6.22. The van der Waals surface area contributed by atoms with E-state index in [1.807, 2.05) is 37.3 Å². The van der Waals surface area contributed by atoms with E-state index in [2.05, 4.69) is 9.98 Å². The smallest absolute Gasteiger partial charge is 0.363 e. The molecule has 0 spiro atoms. The number of hydrogen-bond acceptors (Lipinski definition) is 4. The molecule has 0 radical (unpaired) electrons. The van der Waals surface area contributed by atoms with E-state index in [9.17, 15) is 4.79 Å². The van der Waals surface area contributed by atoms with Crippen LogP contribution in [0.4, 0.5) is 0 Å². The van der Waals surface area contributed by atoms with Gasteiger partial charge in [0.05, 0.1) is 0 Å². The van der Waals surface area contributed by atoms with Crippen molar-refractivity contribution < 1.29 is 9.53 Å². The quantitative estimate of drug-likeness (QED) is 0.619. The fraction of sp³-hybridized carbons (Fsp3) is 0.0625. The highest BCUT2D eigenvalue weighted by Crippen LogP contribution is 2.19. The first-order chi connectivity index (χ1) is 9.72.